The standard InChI is InChI=1S/C36H18ClF3N4O3S/c37-30-16-23(36(45)43-46)9-13-28(30)21-3-1-4-22(15-21)34-33(32-24(18-41)5-2-6-25(32)19-42)29-17-26(38)10-14-31(29)44(34)48(47)27-11-7-20(8-12-27)35(39)40/h1-17,35H. The Morgan fingerprint density at radius 1 is 0.854 bits per heavy atom. The largest absolute Gasteiger partial charge is 0.587 e. The average molecular weight is 679 g/mol. The van der Waals surface area contributed by atoms with Gasteiger partial charge < -0.3 is 4.55 Å². The summed E-state index contributed by atoms with van der Waals surface area (Å²) in [6.07, 6.45) is -2.74. The molecule has 0 bridgehead atoms. The number of nitriles is 2. The number of halogens is 4. The Morgan fingerprint density at radius 2 is 1.52 bits per heavy atom. The highest BCUT2D eigenvalue weighted by Crippen LogP contribution is 2.46. The first-order valence-electron chi connectivity index (χ1n) is 14.0. The summed E-state index contributed by atoms with van der Waals surface area (Å²) < 4.78 is 57.6. The molecule has 1 aromatic heterocycles. The molecule has 0 spiro atoms. The molecule has 1 atom stereocenters. The normalized spacial score (nSPS) is 11.7. The Hall–Kier alpha value is -5.72. The number of carbonyl (C=O) groups excluding carboxylic acids is 1. The molecule has 12 heteroatoms. The first-order valence-corrected chi connectivity index (χ1v) is 15.5. The molecule has 0 saturated carbocycles. The fourth-order valence-electron chi connectivity index (χ4n) is 5.53. The van der Waals surface area contributed by atoms with Crippen molar-refractivity contribution < 1.29 is 22.5 Å². The molecule has 6 aromatic rings. The van der Waals surface area contributed by atoms with Gasteiger partial charge in [-0.05, 0) is 78.4 Å². The van der Waals surface area contributed by atoms with Crippen molar-refractivity contribution >= 4 is 39.8 Å². The third kappa shape index (κ3) is 5.72. The Morgan fingerprint density at radius 3 is 2.15 bits per heavy atom. The molecule has 0 aliphatic heterocycles. The molecular formula is C36H18ClF3N4O3S. The van der Waals surface area contributed by atoms with Crippen LogP contribution in [-0.4, -0.2) is 14.4 Å². The SMILES string of the molecule is N#Cc1cccc(C#N)c1-c1c(-c2cccc(-c3ccc(C(=O)N=O)cc3Cl)c2)n([S+]([O-])c2ccc(C(F)F)cc2)c2ccc(F)cc12. The molecule has 0 fully saturated rings. The first kappa shape index (κ1) is 32.2. The quantitative estimate of drug-likeness (QED) is 0.123. The molecule has 0 aliphatic carbocycles. The molecule has 0 aliphatic rings. The number of hydrogen-bond acceptors (Lipinski definition) is 5. The number of nitrogens with zero attached hydrogens (tertiary/aromatic N) is 4. The Kier molecular flexibility index (Phi) is 8.85. The number of hydrogen-bond donors (Lipinski definition) is 0. The van der Waals surface area contributed by atoms with Crippen LogP contribution in [0.15, 0.2) is 113 Å². The molecule has 0 saturated heterocycles. The number of amides is 1. The smallest absolute Gasteiger partial charge is 0.316 e. The molecule has 1 unspecified atom stereocenters. The Labute approximate surface area is 279 Å². The number of rotatable bonds is 7. The van der Waals surface area contributed by atoms with Gasteiger partial charge in [0.15, 0.2) is 4.90 Å². The lowest BCUT2D eigenvalue weighted by Gasteiger charge is -2.17. The van der Waals surface area contributed by atoms with E-state index in [4.69, 9.17) is 11.6 Å². The molecule has 0 N–H and O–H groups in total. The molecule has 234 valence electrons. The van der Waals surface area contributed by atoms with Crippen LogP contribution in [0.1, 0.15) is 33.5 Å². The Balaban J connectivity index is 1.70. The van der Waals surface area contributed by atoms with Gasteiger partial charge in [-0.2, -0.15) is 14.5 Å². The van der Waals surface area contributed by atoms with E-state index in [1.165, 1.54) is 76.8 Å². The zero-order chi connectivity index (χ0) is 34.1. The third-order valence-corrected chi connectivity index (χ3v) is 9.39. The van der Waals surface area contributed by atoms with Crippen LogP contribution in [-0.2, 0) is 11.4 Å². The lowest BCUT2D eigenvalue weighted by atomic mass is 9.90. The van der Waals surface area contributed by atoms with Gasteiger partial charge in [-0.1, -0.05) is 41.9 Å². The summed E-state index contributed by atoms with van der Waals surface area (Å²) in [5.74, 6) is -1.63. The lowest BCUT2D eigenvalue weighted by Crippen LogP contribution is -2.14. The fraction of sp³-hybridized carbons (Fsp3) is 0.0278. The van der Waals surface area contributed by atoms with Crippen LogP contribution in [0.5, 0.6) is 0 Å². The highest BCUT2D eigenvalue weighted by Gasteiger charge is 2.31. The second-order valence-electron chi connectivity index (χ2n) is 10.4. The molecule has 7 nitrogen and oxygen atoms in total. The van der Waals surface area contributed by atoms with E-state index in [0.717, 1.165) is 0 Å². The van der Waals surface area contributed by atoms with Crippen LogP contribution in [0, 0.1) is 33.4 Å². The minimum atomic E-state index is -2.74. The predicted molar refractivity (Wildman–Crippen MR) is 176 cm³/mol. The summed E-state index contributed by atoms with van der Waals surface area (Å²) in [6.45, 7) is 0. The van der Waals surface area contributed by atoms with E-state index in [9.17, 15) is 37.9 Å². The predicted octanol–water partition coefficient (Wildman–Crippen LogP) is 9.59. The van der Waals surface area contributed by atoms with Gasteiger partial charge in [-0.15, -0.1) is 4.91 Å². The van der Waals surface area contributed by atoms with E-state index in [2.05, 4.69) is 17.3 Å². The first-order chi connectivity index (χ1) is 23.2. The third-order valence-electron chi connectivity index (χ3n) is 7.69. The van der Waals surface area contributed by atoms with Crippen molar-refractivity contribution in [1.29, 1.82) is 10.5 Å². The summed E-state index contributed by atoms with van der Waals surface area (Å²) >= 11 is 4.41. The number of fused-ring (bicyclic) bond motifs is 1. The van der Waals surface area contributed by atoms with E-state index >= 15 is 0 Å². The van der Waals surface area contributed by atoms with Crippen LogP contribution in [0.2, 0.25) is 5.02 Å². The number of alkyl halides is 2. The van der Waals surface area contributed by atoms with Crippen molar-refractivity contribution in [3.8, 4) is 45.6 Å². The number of nitroso groups, excluding NO2 is 1. The number of aromatic nitrogens is 1. The second-order valence-corrected chi connectivity index (χ2v) is 12.2. The van der Waals surface area contributed by atoms with E-state index in [-0.39, 0.29) is 59.9 Å². The van der Waals surface area contributed by atoms with E-state index in [1.807, 2.05) is 0 Å². The topological polar surface area (TPSA) is 122 Å². The minimum Gasteiger partial charge on any atom is -0.587 e. The van der Waals surface area contributed by atoms with E-state index in [0.29, 0.717) is 16.7 Å². The van der Waals surface area contributed by atoms with Crippen LogP contribution in [0.25, 0.3) is 44.4 Å². The van der Waals surface area contributed by atoms with Gasteiger partial charge in [0.2, 0.25) is 0 Å². The van der Waals surface area contributed by atoms with Crippen molar-refractivity contribution in [3.05, 3.63) is 141 Å². The molecule has 5 aromatic carbocycles. The molecule has 1 heterocycles. The molecular weight excluding hydrogens is 661 g/mol. The summed E-state index contributed by atoms with van der Waals surface area (Å²) in [5, 5.41) is 23.1. The van der Waals surface area contributed by atoms with Gasteiger partial charge in [0.05, 0.1) is 28.8 Å². The zero-order valence-electron chi connectivity index (χ0n) is 24.3. The highest BCUT2D eigenvalue weighted by molar-refractivity contribution is 7.90. The maximum absolute atomic E-state index is 15.0. The molecule has 48 heavy (non-hydrogen) atoms. The number of carbonyl (C=O) groups is 1. The average Bonchev–Trinajstić information content (AvgIpc) is 3.44. The van der Waals surface area contributed by atoms with Crippen LogP contribution >= 0.6 is 11.6 Å². The minimum absolute atomic E-state index is 0.00950. The van der Waals surface area contributed by atoms with Crippen LogP contribution < -0.4 is 0 Å². The second kappa shape index (κ2) is 13.2. The van der Waals surface area contributed by atoms with Crippen molar-refractivity contribution in [1.82, 2.24) is 3.97 Å². The monoisotopic (exact) mass is 678 g/mol. The van der Waals surface area contributed by atoms with Gasteiger partial charge >= 0.3 is 5.91 Å². The molecule has 1 amide bonds. The van der Waals surface area contributed by atoms with Crippen LogP contribution in [0.3, 0.4) is 0 Å². The van der Waals surface area contributed by atoms with Gasteiger partial charge in [-0.3, -0.25) is 4.79 Å². The summed E-state index contributed by atoms with van der Waals surface area (Å²) in [5.41, 5.74) is 2.30. The van der Waals surface area contributed by atoms with Crippen molar-refractivity contribution in [2.45, 2.75) is 11.3 Å². The van der Waals surface area contributed by atoms with Gasteiger partial charge in [0, 0.05) is 49.0 Å². The van der Waals surface area contributed by atoms with Gasteiger partial charge in [0.1, 0.15) is 22.9 Å². The molecule has 6 rings (SSSR count). The summed E-state index contributed by atoms with van der Waals surface area (Å²) in [7, 11) is 0. The van der Waals surface area contributed by atoms with Crippen LogP contribution in [0.4, 0.5) is 13.2 Å². The number of benzene rings is 5. The maximum Gasteiger partial charge on any atom is 0.316 e. The van der Waals surface area contributed by atoms with E-state index < -0.39 is 29.5 Å². The summed E-state index contributed by atoms with van der Waals surface area (Å²) in [4.78, 5) is 22.8. The fourth-order valence-corrected chi connectivity index (χ4v) is 7.10. The van der Waals surface area contributed by atoms with Crippen molar-refractivity contribution in [2.24, 2.45) is 5.18 Å². The Bertz CT molecular complexity index is 2310. The molecule has 0 radical (unpaired) electrons. The van der Waals surface area contributed by atoms with Gasteiger partial charge in [0.25, 0.3) is 6.43 Å². The van der Waals surface area contributed by atoms with Gasteiger partial charge in [-0.25, -0.2) is 13.2 Å². The summed E-state index contributed by atoms with van der Waals surface area (Å²) in [6, 6.07) is 28.6. The lowest BCUT2D eigenvalue weighted by molar-refractivity contribution is 0.100. The highest BCUT2D eigenvalue weighted by atomic mass is 35.5. The van der Waals surface area contributed by atoms with Crippen molar-refractivity contribution in [3.63, 3.8) is 0 Å². The maximum atomic E-state index is 15.0. The van der Waals surface area contributed by atoms with E-state index in [1.54, 1.807) is 30.3 Å². The zero-order valence-corrected chi connectivity index (χ0v) is 25.9. The van der Waals surface area contributed by atoms with Crippen molar-refractivity contribution in [2.75, 3.05) is 0 Å².